The SMILES string of the molecule is CN(C)Nc1c(N)cncc1Br. The Morgan fingerprint density at radius 2 is 2.17 bits per heavy atom. The van der Waals surface area contributed by atoms with E-state index in [-0.39, 0.29) is 0 Å². The molecule has 3 N–H and O–H groups in total. The number of aromatic nitrogens is 1. The van der Waals surface area contributed by atoms with Crippen LogP contribution >= 0.6 is 15.9 Å². The van der Waals surface area contributed by atoms with Gasteiger partial charge in [0.05, 0.1) is 22.0 Å². The number of hydrazine groups is 1. The molecule has 0 aliphatic heterocycles. The fourth-order valence-electron chi connectivity index (χ4n) is 0.792. The number of hydrogen-bond acceptors (Lipinski definition) is 4. The summed E-state index contributed by atoms with van der Waals surface area (Å²) in [6.45, 7) is 0. The Morgan fingerprint density at radius 1 is 1.50 bits per heavy atom. The molecule has 0 aliphatic rings. The number of rotatable bonds is 2. The van der Waals surface area contributed by atoms with Gasteiger partial charge in [-0.15, -0.1) is 0 Å². The highest BCUT2D eigenvalue weighted by Gasteiger charge is 2.03. The molecule has 1 rings (SSSR count). The lowest BCUT2D eigenvalue weighted by molar-refractivity contribution is 0.495. The molecule has 0 radical (unpaired) electrons. The van der Waals surface area contributed by atoms with E-state index in [4.69, 9.17) is 5.73 Å². The highest BCUT2D eigenvalue weighted by Crippen LogP contribution is 2.26. The fourth-order valence-corrected chi connectivity index (χ4v) is 1.23. The average molecular weight is 231 g/mol. The van der Waals surface area contributed by atoms with E-state index in [1.165, 1.54) is 0 Å². The molecule has 66 valence electrons. The standard InChI is InChI=1S/C7H11BrN4/c1-12(2)11-7-5(8)3-10-4-6(7)9/h3-4H,9H2,1-2H3,(H,10,11). The molecule has 0 unspecified atom stereocenters. The number of nitrogens with two attached hydrogens (primary N) is 1. The van der Waals surface area contributed by atoms with Crippen molar-refractivity contribution in [1.29, 1.82) is 0 Å². The monoisotopic (exact) mass is 230 g/mol. The quantitative estimate of drug-likeness (QED) is 0.753. The Hall–Kier alpha value is -0.810. The van der Waals surface area contributed by atoms with Gasteiger partial charge in [-0.05, 0) is 15.9 Å². The van der Waals surface area contributed by atoms with Gasteiger partial charge < -0.3 is 11.2 Å². The van der Waals surface area contributed by atoms with Crippen LogP contribution in [0.4, 0.5) is 11.4 Å². The topological polar surface area (TPSA) is 54.2 Å². The summed E-state index contributed by atoms with van der Waals surface area (Å²) in [6, 6.07) is 0. The summed E-state index contributed by atoms with van der Waals surface area (Å²) in [7, 11) is 3.79. The Morgan fingerprint density at radius 3 is 2.67 bits per heavy atom. The molecule has 1 aromatic rings. The minimum absolute atomic E-state index is 0.623. The Kier molecular flexibility index (Phi) is 2.88. The fraction of sp³-hybridized carbons (Fsp3) is 0.286. The minimum Gasteiger partial charge on any atom is -0.396 e. The first-order valence-electron chi connectivity index (χ1n) is 3.44. The molecule has 1 heterocycles. The maximum atomic E-state index is 5.69. The molecule has 0 spiro atoms. The van der Waals surface area contributed by atoms with E-state index in [0.29, 0.717) is 5.69 Å². The minimum atomic E-state index is 0.623. The number of anilines is 2. The van der Waals surface area contributed by atoms with Gasteiger partial charge in [-0.25, -0.2) is 5.01 Å². The molecule has 5 heteroatoms. The molecule has 1 aromatic heterocycles. The number of nitrogens with one attached hydrogen (secondary N) is 1. The molecule has 0 saturated carbocycles. The van der Waals surface area contributed by atoms with E-state index >= 15 is 0 Å². The van der Waals surface area contributed by atoms with Crippen molar-refractivity contribution < 1.29 is 0 Å². The Labute approximate surface area is 79.9 Å². The molecular weight excluding hydrogens is 220 g/mol. The number of halogens is 1. The molecule has 0 atom stereocenters. The van der Waals surface area contributed by atoms with Gasteiger partial charge in [-0.1, -0.05) is 0 Å². The van der Waals surface area contributed by atoms with Gasteiger partial charge in [-0.3, -0.25) is 4.98 Å². The second-order valence-corrected chi connectivity index (χ2v) is 3.45. The first-order valence-corrected chi connectivity index (χ1v) is 4.23. The summed E-state index contributed by atoms with van der Waals surface area (Å²) in [5.74, 6) is 0. The molecular formula is C7H11BrN4. The maximum Gasteiger partial charge on any atom is 0.0895 e. The molecule has 0 saturated heterocycles. The second kappa shape index (κ2) is 3.73. The van der Waals surface area contributed by atoms with Crippen molar-refractivity contribution in [3.05, 3.63) is 16.9 Å². The molecule has 0 amide bonds. The lowest BCUT2D eigenvalue weighted by Gasteiger charge is -2.16. The van der Waals surface area contributed by atoms with Crippen molar-refractivity contribution in [2.24, 2.45) is 0 Å². The molecule has 4 nitrogen and oxygen atoms in total. The van der Waals surface area contributed by atoms with Crippen LogP contribution < -0.4 is 11.2 Å². The molecule has 12 heavy (non-hydrogen) atoms. The normalized spacial score (nSPS) is 10.3. The molecule has 0 fully saturated rings. The lowest BCUT2D eigenvalue weighted by atomic mass is 10.4. The third kappa shape index (κ3) is 2.09. The maximum absolute atomic E-state index is 5.69. The van der Waals surface area contributed by atoms with Crippen LogP contribution in [0.1, 0.15) is 0 Å². The van der Waals surface area contributed by atoms with Crippen LogP contribution in [0.25, 0.3) is 0 Å². The van der Waals surface area contributed by atoms with Gasteiger partial charge in [-0.2, -0.15) is 0 Å². The lowest BCUT2D eigenvalue weighted by Crippen LogP contribution is -2.20. The Bertz CT molecular complexity index is 254. The zero-order valence-corrected chi connectivity index (χ0v) is 8.59. The van der Waals surface area contributed by atoms with Gasteiger partial charge in [0.2, 0.25) is 0 Å². The summed E-state index contributed by atoms with van der Waals surface area (Å²) < 4.78 is 0.858. The largest absolute Gasteiger partial charge is 0.396 e. The molecule has 0 aliphatic carbocycles. The summed E-state index contributed by atoms with van der Waals surface area (Å²) in [5.41, 5.74) is 10.2. The number of hydrogen-bond donors (Lipinski definition) is 2. The van der Waals surface area contributed by atoms with Crippen LogP contribution in [0.3, 0.4) is 0 Å². The van der Waals surface area contributed by atoms with E-state index < -0.39 is 0 Å². The third-order valence-corrected chi connectivity index (χ3v) is 1.87. The highest BCUT2D eigenvalue weighted by molar-refractivity contribution is 9.10. The van der Waals surface area contributed by atoms with E-state index in [1.807, 2.05) is 19.1 Å². The van der Waals surface area contributed by atoms with Crippen molar-refractivity contribution in [1.82, 2.24) is 9.99 Å². The highest BCUT2D eigenvalue weighted by atomic mass is 79.9. The third-order valence-electron chi connectivity index (χ3n) is 1.26. The van der Waals surface area contributed by atoms with Crippen LogP contribution in [-0.4, -0.2) is 24.1 Å². The van der Waals surface area contributed by atoms with Crippen molar-refractivity contribution in [2.75, 3.05) is 25.3 Å². The summed E-state index contributed by atoms with van der Waals surface area (Å²) >= 11 is 3.34. The van der Waals surface area contributed by atoms with E-state index in [2.05, 4.69) is 26.3 Å². The first kappa shape index (κ1) is 9.28. The molecule has 0 bridgehead atoms. The van der Waals surface area contributed by atoms with E-state index in [9.17, 15) is 0 Å². The van der Waals surface area contributed by atoms with Crippen LogP contribution in [0.2, 0.25) is 0 Å². The Balaban J connectivity index is 2.96. The van der Waals surface area contributed by atoms with Crippen LogP contribution in [0.15, 0.2) is 16.9 Å². The second-order valence-electron chi connectivity index (χ2n) is 2.59. The summed E-state index contributed by atoms with van der Waals surface area (Å²) in [6.07, 6.45) is 3.30. The number of nitrogens with zero attached hydrogens (tertiary/aromatic N) is 2. The van der Waals surface area contributed by atoms with Crippen molar-refractivity contribution in [3.63, 3.8) is 0 Å². The van der Waals surface area contributed by atoms with Gasteiger partial charge in [0.1, 0.15) is 0 Å². The van der Waals surface area contributed by atoms with E-state index in [1.54, 1.807) is 12.4 Å². The van der Waals surface area contributed by atoms with Crippen LogP contribution in [-0.2, 0) is 0 Å². The summed E-state index contributed by atoms with van der Waals surface area (Å²) in [5, 5.41) is 1.82. The predicted molar refractivity (Wildman–Crippen MR) is 53.7 cm³/mol. The molecule has 0 aromatic carbocycles. The number of pyridine rings is 1. The predicted octanol–water partition coefficient (Wildman–Crippen LogP) is 1.31. The van der Waals surface area contributed by atoms with Crippen molar-refractivity contribution in [3.8, 4) is 0 Å². The van der Waals surface area contributed by atoms with Gasteiger partial charge in [0, 0.05) is 20.3 Å². The van der Waals surface area contributed by atoms with Crippen LogP contribution in [0, 0.1) is 0 Å². The van der Waals surface area contributed by atoms with Gasteiger partial charge >= 0.3 is 0 Å². The van der Waals surface area contributed by atoms with Crippen molar-refractivity contribution in [2.45, 2.75) is 0 Å². The number of nitrogen functional groups attached to an aromatic ring is 1. The van der Waals surface area contributed by atoms with Gasteiger partial charge in [0.25, 0.3) is 0 Å². The van der Waals surface area contributed by atoms with Gasteiger partial charge in [0.15, 0.2) is 0 Å². The zero-order valence-electron chi connectivity index (χ0n) is 7.00. The van der Waals surface area contributed by atoms with Crippen LogP contribution in [0.5, 0.6) is 0 Å². The van der Waals surface area contributed by atoms with E-state index in [0.717, 1.165) is 10.2 Å². The average Bonchev–Trinajstić information content (AvgIpc) is 1.97. The first-order chi connectivity index (χ1) is 5.61. The zero-order chi connectivity index (χ0) is 9.14. The summed E-state index contributed by atoms with van der Waals surface area (Å²) in [4.78, 5) is 3.92. The smallest absolute Gasteiger partial charge is 0.0895 e. The van der Waals surface area contributed by atoms with Crippen molar-refractivity contribution >= 4 is 27.3 Å².